The molecule has 2 heterocycles. The average Bonchev–Trinajstić information content (AvgIpc) is 3.11. The normalized spacial score (nSPS) is 11.5. The van der Waals surface area contributed by atoms with Crippen LogP contribution >= 0.6 is 0 Å². The van der Waals surface area contributed by atoms with Crippen LogP contribution in [-0.4, -0.2) is 36.5 Å². The van der Waals surface area contributed by atoms with E-state index < -0.39 is 5.69 Å². The van der Waals surface area contributed by atoms with Crippen molar-refractivity contribution < 1.29 is 9.59 Å². The Morgan fingerprint density at radius 3 is 2.46 bits per heavy atom. The fourth-order valence-corrected chi connectivity index (χ4v) is 4.28. The molecule has 0 unspecified atom stereocenters. The van der Waals surface area contributed by atoms with Crippen LogP contribution in [0.4, 0.5) is 0 Å². The largest absolute Gasteiger partial charge is 0.352 e. The van der Waals surface area contributed by atoms with Gasteiger partial charge in [-0.05, 0) is 57.9 Å². The predicted octanol–water partition coefficient (Wildman–Crippen LogP) is 2.86. The van der Waals surface area contributed by atoms with Crippen molar-refractivity contribution >= 4 is 28.4 Å². The molecular formula is C26H29N5O4. The second-order valence-corrected chi connectivity index (χ2v) is 9.13. The lowest BCUT2D eigenvalue weighted by atomic mass is 10.0. The van der Waals surface area contributed by atoms with Gasteiger partial charge in [0.05, 0.1) is 10.9 Å². The van der Waals surface area contributed by atoms with E-state index in [1.54, 1.807) is 18.2 Å². The Hall–Kier alpha value is -4.01. The second-order valence-electron chi connectivity index (χ2n) is 9.13. The number of nitrogens with zero attached hydrogens (tertiary/aromatic N) is 4. The molecule has 182 valence electrons. The van der Waals surface area contributed by atoms with E-state index >= 15 is 0 Å². The highest BCUT2D eigenvalue weighted by atomic mass is 16.2. The maximum Gasteiger partial charge on any atom is 0.352 e. The van der Waals surface area contributed by atoms with Crippen molar-refractivity contribution in [1.29, 1.82) is 0 Å². The van der Waals surface area contributed by atoms with Gasteiger partial charge in [-0.1, -0.05) is 30.7 Å². The summed E-state index contributed by atoms with van der Waals surface area (Å²) in [6.07, 6.45) is 0.651. The van der Waals surface area contributed by atoms with Gasteiger partial charge in [-0.25, -0.2) is 13.9 Å². The van der Waals surface area contributed by atoms with Gasteiger partial charge >= 0.3 is 5.69 Å². The number of carbonyl (C=O) groups is 2. The van der Waals surface area contributed by atoms with Crippen LogP contribution in [0.25, 0.3) is 16.7 Å². The van der Waals surface area contributed by atoms with Crippen molar-refractivity contribution in [2.24, 2.45) is 0 Å². The number of Topliss-reactive ketones (excluding diaryl/α,β-unsaturated/α-hetero) is 1. The number of nitrogens with one attached hydrogen (secondary N) is 1. The third-order valence-corrected chi connectivity index (χ3v) is 5.88. The van der Waals surface area contributed by atoms with Crippen LogP contribution in [0.1, 0.15) is 59.0 Å². The number of carbonyl (C=O) groups excluding carboxylic acids is 2. The molecule has 2 aromatic carbocycles. The molecule has 35 heavy (non-hydrogen) atoms. The van der Waals surface area contributed by atoms with Gasteiger partial charge < -0.3 is 5.32 Å². The highest BCUT2D eigenvalue weighted by molar-refractivity contribution is 5.98. The van der Waals surface area contributed by atoms with Crippen molar-refractivity contribution in [2.45, 2.75) is 60.2 Å². The summed E-state index contributed by atoms with van der Waals surface area (Å²) in [6, 6.07) is 10.1. The van der Waals surface area contributed by atoms with E-state index in [1.807, 2.05) is 46.8 Å². The quantitative estimate of drug-likeness (QED) is 0.414. The summed E-state index contributed by atoms with van der Waals surface area (Å²) in [4.78, 5) is 52.4. The number of hydrogen-bond donors (Lipinski definition) is 1. The van der Waals surface area contributed by atoms with Crippen molar-refractivity contribution in [3.8, 4) is 0 Å². The summed E-state index contributed by atoms with van der Waals surface area (Å²) in [5, 5.41) is 7.50. The van der Waals surface area contributed by atoms with E-state index in [1.165, 1.54) is 15.0 Å². The van der Waals surface area contributed by atoms with Gasteiger partial charge in [0.15, 0.2) is 5.78 Å². The monoisotopic (exact) mass is 475 g/mol. The SMILES string of the molecule is CCCn1c(=O)c2ccc(C(=O)NC(C)C)cc2n2c(=O)n(CC(=O)c3ccc(C)cc3C)nc12. The molecule has 0 saturated carbocycles. The molecule has 0 aliphatic rings. The first kappa shape index (κ1) is 24.1. The Morgan fingerprint density at radius 1 is 1.06 bits per heavy atom. The topological polar surface area (TPSA) is 107 Å². The number of amides is 1. The molecule has 0 bridgehead atoms. The number of aromatic nitrogens is 4. The summed E-state index contributed by atoms with van der Waals surface area (Å²) in [5.74, 6) is -0.416. The minimum absolute atomic E-state index is 0.0718. The molecule has 0 aliphatic heterocycles. The molecule has 0 fully saturated rings. The molecule has 0 aliphatic carbocycles. The maximum atomic E-state index is 13.5. The van der Waals surface area contributed by atoms with Gasteiger partial charge in [0.2, 0.25) is 5.78 Å². The standard InChI is InChI=1S/C26H29N5O4/c1-6-11-29-24(34)20-10-8-18(23(33)27-15(2)3)13-21(20)31-25(29)28-30(26(31)35)14-22(32)19-9-7-16(4)12-17(19)5/h7-10,12-13,15H,6,11,14H2,1-5H3,(H,27,33). The fourth-order valence-electron chi connectivity index (χ4n) is 4.28. The number of hydrogen-bond acceptors (Lipinski definition) is 5. The molecule has 9 nitrogen and oxygen atoms in total. The van der Waals surface area contributed by atoms with Crippen LogP contribution in [0, 0.1) is 13.8 Å². The zero-order valence-corrected chi connectivity index (χ0v) is 20.6. The minimum Gasteiger partial charge on any atom is -0.350 e. The van der Waals surface area contributed by atoms with Crippen molar-refractivity contribution in [1.82, 2.24) is 24.1 Å². The van der Waals surface area contributed by atoms with Gasteiger partial charge in [0.1, 0.15) is 6.54 Å². The fraction of sp³-hybridized carbons (Fsp3) is 0.346. The summed E-state index contributed by atoms with van der Waals surface area (Å²) < 4.78 is 3.84. The van der Waals surface area contributed by atoms with Crippen molar-refractivity contribution in [2.75, 3.05) is 0 Å². The Bertz CT molecular complexity index is 1590. The van der Waals surface area contributed by atoms with E-state index in [-0.39, 0.29) is 41.1 Å². The zero-order valence-electron chi connectivity index (χ0n) is 20.6. The van der Waals surface area contributed by atoms with E-state index in [4.69, 9.17) is 0 Å². The number of benzene rings is 2. The number of rotatable bonds is 7. The molecule has 0 saturated heterocycles. The van der Waals surface area contributed by atoms with Crippen LogP contribution < -0.4 is 16.6 Å². The third kappa shape index (κ3) is 4.41. The molecule has 0 radical (unpaired) electrons. The van der Waals surface area contributed by atoms with Gasteiger partial charge in [0.25, 0.3) is 11.5 Å². The van der Waals surface area contributed by atoms with Gasteiger partial charge in [-0.2, -0.15) is 0 Å². The molecule has 0 spiro atoms. The Labute approximate surface area is 202 Å². The Morgan fingerprint density at radius 2 is 1.80 bits per heavy atom. The first-order chi connectivity index (χ1) is 16.6. The van der Waals surface area contributed by atoms with Crippen LogP contribution in [-0.2, 0) is 13.1 Å². The number of aryl methyl sites for hydroxylation is 3. The first-order valence-corrected chi connectivity index (χ1v) is 11.7. The van der Waals surface area contributed by atoms with Crippen LogP contribution in [0.15, 0.2) is 46.0 Å². The lowest BCUT2D eigenvalue weighted by Gasteiger charge is -2.11. The van der Waals surface area contributed by atoms with Crippen molar-refractivity contribution in [3.63, 3.8) is 0 Å². The predicted molar refractivity (Wildman–Crippen MR) is 134 cm³/mol. The Kier molecular flexibility index (Phi) is 6.43. The highest BCUT2D eigenvalue weighted by Crippen LogP contribution is 2.16. The van der Waals surface area contributed by atoms with E-state index in [9.17, 15) is 19.2 Å². The lowest BCUT2D eigenvalue weighted by Crippen LogP contribution is -2.31. The number of ketones is 1. The van der Waals surface area contributed by atoms with Gasteiger partial charge in [-0.15, -0.1) is 5.10 Å². The van der Waals surface area contributed by atoms with Gasteiger partial charge in [0, 0.05) is 23.7 Å². The molecule has 1 amide bonds. The van der Waals surface area contributed by atoms with E-state index in [0.29, 0.717) is 29.5 Å². The zero-order chi connectivity index (χ0) is 25.4. The smallest absolute Gasteiger partial charge is 0.350 e. The molecule has 0 atom stereocenters. The molecule has 9 heteroatoms. The molecule has 4 aromatic rings. The van der Waals surface area contributed by atoms with Crippen LogP contribution in [0.2, 0.25) is 0 Å². The third-order valence-electron chi connectivity index (χ3n) is 5.88. The van der Waals surface area contributed by atoms with Gasteiger partial charge in [-0.3, -0.25) is 19.0 Å². The summed E-state index contributed by atoms with van der Waals surface area (Å²) in [6.45, 7) is 9.51. The van der Waals surface area contributed by atoms with E-state index in [0.717, 1.165) is 15.8 Å². The summed E-state index contributed by atoms with van der Waals surface area (Å²) in [7, 11) is 0. The van der Waals surface area contributed by atoms with Crippen molar-refractivity contribution in [3.05, 3.63) is 79.5 Å². The molecule has 4 rings (SSSR count). The summed E-state index contributed by atoms with van der Waals surface area (Å²) >= 11 is 0. The van der Waals surface area contributed by atoms with Crippen LogP contribution in [0.3, 0.4) is 0 Å². The second kappa shape index (κ2) is 9.32. The Balaban J connectivity index is 1.92. The minimum atomic E-state index is -0.547. The highest BCUT2D eigenvalue weighted by Gasteiger charge is 2.21. The maximum absolute atomic E-state index is 13.5. The van der Waals surface area contributed by atoms with E-state index in [2.05, 4.69) is 10.4 Å². The first-order valence-electron chi connectivity index (χ1n) is 11.7. The molecule has 2 aromatic heterocycles. The number of fused-ring (bicyclic) bond motifs is 3. The van der Waals surface area contributed by atoms with Crippen LogP contribution in [0.5, 0.6) is 0 Å². The molecule has 1 N–H and O–H groups in total. The average molecular weight is 476 g/mol. The molecular weight excluding hydrogens is 446 g/mol. The lowest BCUT2D eigenvalue weighted by molar-refractivity contribution is 0.0940. The summed E-state index contributed by atoms with van der Waals surface area (Å²) in [5.41, 5.74) is 2.13.